The Hall–Kier alpha value is -3.45. The van der Waals surface area contributed by atoms with Crippen molar-refractivity contribution in [2.24, 2.45) is 11.5 Å². The lowest BCUT2D eigenvalue weighted by molar-refractivity contribution is 0.0996. The summed E-state index contributed by atoms with van der Waals surface area (Å²) in [6.45, 7) is 0. The van der Waals surface area contributed by atoms with Gasteiger partial charge < -0.3 is 22.1 Å². The fraction of sp³-hybridized carbons (Fsp3) is 0.261. The second kappa shape index (κ2) is 8.92. The van der Waals surface area contributed by atoms with E-state index in [4.69, 9.17) is 11.5 Å². The number of hydrogen-bond donors (Lipinski definition) is 4. The summed E-state index contributed by atoms with van der Waals surface area (Å²) >= 11 is 0. The van der Waals surface area contributed by atoms with Crippen LogP contribution in [0.15, 0.2) is 60.8 Å². The van der Waals surface area contributed by atoms with Crippen LogP contribution in [-0.4, -0.2) is 28.0 Å². The molecule has 2 aromatic heterocycles. The van der Waals surface area contributed by atoms with Crippen molar-refractivity contribution in [3.63, 3.8) is 0 Å². The van der Waals surface area contributed by atoms with Crippen LogP contribution in [0.5, 0.6) is 0 Å². The second-order valence-corrected chi connectivity index (χ2v) is 7.58. The fourth-order valence-electron chi connectivity index (χ4n) is 3.80. The normalized spacial score (nSPS) is 18.6. The molecule has 1 saturated carbocycles. The predicted molar refractivity (Wildman–Crippen MR) is 120 cm³/mol. The molecular weight excluding hydrogens is 376 g/mol. The average Bonchev–Trinajstić information content (AvgIpc) is 2.76. The number of pyridine rings is 2. The first-order valence-electron chi connectivity index (χ1n) is 10.2. The highest BCUT2D eigenvalue weighted by molar-refractivity contribution is 5.97. The van der Waals surface area contributed by atoms with Crippen molar-refractivity contribution in [3.8, 4) is 11.3 Å². The number of carbonyl (C=O) groups excluding carboxylic acids is 1. The molecule has 0 radical (unpaired) electrons. The van der Waals surface area contributed by atoms with Gasteiger partial charge >= 0.3 is 0 Å². The molecule has 1 aliphatic carbocycles. The lowest BCUT2D eigenvalue weighted by Crippen LogP contribution is -2.42. The standard InChI is InChI=1S/C23H26N6O/c24-17-9-4-5-10-19(17)27-16-13-20(22(23(25)30)26-14-16)29-21-12-6-11-18(28-21)15-7-2-1-3-8-15/h1-3,6-8,11-14,17,19,27H,4-5,9-10,24H2,(H2,25,30)(H,28,29)/t17-,19+/m0/s1. The van der Waals surface area contributed by atoms with Gasteiger partial charge in [-0.2, -0.15) is 0 Å². The molecule has 154 valence electrons. The van der Waals surface area contributed by atoms with Crippen molar-refractivity contribution < 1.29 is 4.79 Å². The first kappa shape index (κ1) is 19.8. The smallest absolute Gasteiger partial charge is 0.269 e. The van der Waals surface area contributed by atoms with E-state index >= 15 is 0 Å². The van der Waals surface area contributed by atoms with E-state index in [9.17, 15) is 4.79 Å². The number of carbonyl (C=O) groups is 1. The van der Waals surface area contributed by atoms with E-state index < -0.39 is 5.91 Å². The van der Waals surface area contributed by atoms with Crippen LogP contribution in [0.25, 0.3) is 11.3 Å². The van der Waals surface area contributed by atoms with Crippen LogP contribution in [0.1, 0.15) is 36.2 Å². The Morgan fingerprint density at radius 1 is 1.03 bits per heavy atom. The van der Waals surface area contributed by atoms with Crippen LogP contribution < -0.4 is 22.1 Å². The molecule has 1 aliphatic rings. The van der Waals surface area contributed by atoms with Crippen molar-refractivity contribution in [2.75, 3.05) is 10.6 Å². The van der Waals surface area contributed by atoms with Crippen LogP contribution >= 0.6 is 0 Å². The largest absolute Gasteiger partial charge is 0.379 e. The van der Waals surface area contributed by atoms with Gasteiger partial charge in [0.15, 0.2) is 5.69 Å². The van der Waals surface area contributed by atoms with E-state index in [1.54, 1.807) is 6.20 Å². The molecule has 7 nitrogen and oxygen atoms in total. The molecule has 0 unspecified atom stereocenters. The number of benzene rings is 1. The van der Waals surface area contributed by atoms with Crippen LogP contribution in [-0.2, 0) is 0 Å². The molecule has 0 spiro atoms. The number of nitrogens with one attached hydrogen (secondary N) is 2. The van der Waals surface area contributed by atoms with Gasteiger partial charge in [0.2, 0.25) is 0 Å². The van der Waals surface area contributed by atoms with E-state index in [1.165, 1.54) is 0 Å². The number of nitrogens with zero attached hydrogens (tertiary/aromatic N) is 2. The van der Waals surface area contributed by atoms with Crippen molar-refractivity contribution in [2.45, 2.75) is 37.8 Å². The Labute approximate surface area is 175 Å². The monoisotopic (exact) mass is 402 g/mol. The Bertz CT molecular complexity index is 1020. The molecule has 2 atom stereocenters. The first-order valence-corrected chi connectivity index (χ1v) is 10.2. The van der Waals surface area contributed by atoms with Crippen molar-refractivity contribution in [1.82, 2.24) is 9.97 Å². The van der Waals surface area contributed by atoms with Crippen LogP contribution in [0.4, 0.5) is 17.2 Å². The number of amides is 1. The summed E-state index contributed by atoms with van der Waals surface area (Å²) in [4.78, 5) is 20.9. The minimum atomic E-state index is -0.599. The Morgan fingerprint density at radius 2 is 1.83 bits per heavy atom. The number of anilines is 3. The molecule has 0 aliphatic heterocycles. The quantitative estimate of drug-likeness (QED) is 0.499. The highest BCUT2D eigenvalue weighted by atomic mass is 16.1. The summed E-state index contributed by atoms with van der Waals surface area (Å²) in [6.07, 6.45) is 5.96. The van der Waals surface area contributed by atoms with Gasteiger partial charge in [0.1, 0.15) is 5.82 Å². The minimum Gasteiger partial charge on any atom is -0.379 e. The van der Waals surface area contributed by atoms with Crippen LogP contribution in [0.2, 0.25) is 0 Å². The number of nitrogens with two attached hydrogens (primary N) is 2. The molecule has 1 fully saturated rings. The van der Waals surface area contributed by atoms with E-state index in [1.807, 2.05) is 54.6 Å². The second-order valence-electron chi connectivity index (χ2n) is 7.58. The van der Waals surface area contributed by atoms with Crippen molar-refractivity contribution >= 4 is 23.1 Å². The molecule has 4 rings (SSSR count). The highest BCUT2D eigenvalue weighted by Gasteiger charge is 2.22. The van der Waals surface area contributed by atoms with Gasteiger partial charge in [-0.15, -0.1) is 0 Å². The maximum Gasteiger partial charge on any atom is 0.269 e. The minimum absolute atomic E-state index is 0.107. The van der Waals surface area contributed by atoms with Gasteiger partial charge in [-0.1, -0.05) is 49.2 Å². The van der Waals surface area contributed by atoms with Crippen LogP contribution in [0, 0.1) is 0 Å². The molecule has 0 bridgehead atoms. The summed E-state index contributed by atoms with van der Waals surface area (Å²) in [5, 5.41) is 6.67. The molecule has 30 heavy (non-hydrogen) atoms. The topological polar surface area (TPSA) is 119 Å². The molecule has 3 aromatic rings. The summed E-state index contributed by atoms with van der Waals surface area (Å²) in [5.41, 5.74) is 15.1. The van der Waals surface area contributed by atoms with Crippen molar-refractivity contribution in [1.29, 1.82) is 0 Å². The molecule has 1 aromatic carbocycles. The van der Waals surface area contributed by atoms with Crippen LogP contribution in [0.3, 0.4) is 0 Å². The average molecular weight is 403 g/mol. The summed E-state index contributed by atoms with van der Waals surface area (Å²) < 4.78 is 0. The third-order valence-electron chi connectivity index (χ3n) is 5.37. The Kier molecular flexibility index (Phi) is 5.90. The number of rotatable bonds is 6. The molecule has 6 N–H and O–H groups in total. The molecule has 7 heteroatoms. The fourth-order valence-corrected chi connectivity index (χ4v) is 3.80. The maximum absolute atomic E-state index is 11.9. The molecule has 1 amide bonds. The van der Waals surface area contributed by atoms with Gasteiger partial charge in [0, 0.05) is 17.6 Å². The number of aromatic nitrogens is 2. The lowest BCUT2D eigenvalue weighted by Gasteiger charge is -2.30. The van der Waals surface area contributed by atoms with Gasteiger partial charge in [0.05, 0.1) is 23.3 Å². The van der Waals surface area contributed by atoms with Gasteiger partial charge in [-0.3, -0.25) is 4.79 Å². The summed E-state index contributed by atoms with van der Waals surface area (Å²) in [7, 11) is 0. The molecular formula is C23H26N6O. The third kappa shape index (κ3) is 4.58. The number of hydrogen-bond acceptors (Lipinski definition) is 6. The zero-order valence-electron chi connectivity index (χ0n) is 16.7. The lowest BCUT2D eigenvalue weighted by atomic mass is 9.91. The molecule has 0 saturated heterocycles. The van der Waals surface area contributed by atoms with Gasteiger partial charge in [-0.25, -0.2) is 9.97 Å². The third-order valence-corrected chi connectivity index (χ3v) is 5.37. The van der Waals surface area contributed by atoms with Gasteiger partial charge in [0.25, 0.3) is 5.91 Å². The zero-order valence-corrected chi connectivity index (χ0v) is 16.7. The summed E-state index contributed by atoms with van der Waals surface area (Å²) in [5.74, 6) is 0.00445. The Morgan fingerprint density at radius 3 is 2.60 bits per heavy atom. The molecule has 2 heterocycles. The van der Waals surface area contributed by atoms with Crippen molar-refractivity contribution in [3.05, 3.63) is 66.5 Å². The van der Waals surface area contributed by atoms with E-state index in [-0.39, 0.29) is 17.8 Å². The zero-order chi connectivity index (χ0) is 20.9. The maximum atomic E-state index is 11.9. The predicted octanol–water partition coefficient (Wildman–Crippen LogP) is 3.67. The van der Waals surface area contributed by atoms with E-state index in [2.05, 4.69) is 20.6 Å². The van der Waals surface area contributed by atoms with E-state index in [0.717, 1.165) is 42.6 Å². The first-order chi connectivity index (χ1) is 14.6. The number of primary amides is 1. The SMILES string of the molecule is NC(=O)c1ncc(N[C@@H]2CCCC[C@@H]2N)cc1Nc1cccc(-c2ccccc2)n1. The Balaban J connectivity index is 1.60. The van der Waals surface area contributed by atoms with E-state index in [0.29, 0.717) is 11.5 Å². The van der Waals surface area contributed by atoms with Gasteiger partial charge in [-0.05, 0) is 31.0 Å². The summed E-state index contributed by atoms with van der Waals surface area (Å²) in [6, 6.07) is 17.7. The highest BCUT2D eigenvalue weighted by Crippen LogP contribution is 2.26.